The lowest BCUT2D eigenvalue weighted by Gasteiger charge is -2.64. The first-order chi connectivity index (χ1) is 16.3. The highest BCUT2D eigenvalue weighted by Crippen LogP contribution is 2.70. The number of carbonyl (C=O) groups is 2. The lowest BCUT2D eigenvalue weighted by molar-refractivity contribution is -0.177. The quantitative estimate of drug-likeness (QED) is 0.593. The van der Waals surface area contributed by atoms with Gasteiger partial charge in [-0.15, -0.1) is 0 Å². The molecule has 1 saturated heterocycles. The first kappa shape index (κ1) is 24.6. The average Bonchev–Trinajstić information content (AvgIpc) is 3.32. The molecule has 1 aliphatic heterocycles. The molecule has 1 aromatic carbocycles. The largest absolute Gasteiger partial charge is 0.481 e. The van der Waals surface area contributed by atoms with Crippen LogP contribution in [0.15, 0.2) is 30.3 Å². The van der Waals surface area contributed by atoms with Crippen molar-refractivity contribution in [2.75, 3.05) is 6.54 Å². The molecule has 0 spiro atoms. The average molecular weight is 483 g/mol. The van der Waals surface area contributed by atoms with Crippen molar-refractivity contribution in [1.29, 1.82) is 0 Å². The van der Waals surface area contributed by atoms with Crippen molar-refractivity contribution >= 4 is 12.1 Å². The Morgan fingerprint density at radius 1 is 1.03 bits per heavy atom. The number of carbonyl (C=O) groups excluding carboxylic acids is 1. The maximum Gasteiger partial charge on any atom is 0.410 e. The summed E-state index contributed by atoms with van der Waals surface area (Å²) in [7, 11) is 0. The molecule has 7 rings (SSSR count). The van der Waals surface area contributed by atoms with Gasteiger partial charge in [0.25, 0.3) is 0 Å². The molecule has 6 heteroatoms. The third-order valence-electron chi connectivity index (χ3n) is 9.35. The van der Waals surface area contributed by atoms with E-state index in [0.717, 1.165) is 38.6 Å². The number of piperidine rings is 1. The van der Waals surface area contributed by atoms with Gasteiger partial charge in [-0.05, 0) is 100 Å². The van der Waals surface area contributed by atoms with Gasteiger partial charge in [0.1, 0.15) is 5.60 Å². The Morgan fingerprint density at radius 3 is 2.31 bits per heavy atom. The molecule has 192 valence electrons. The lowest BCUT2D eigenvalue weighted by Crippen LogP contribution is -2.60. The molecule has 5 saturated carbocycles. The standard InChI is InChI=1S/C18H22O2.C11H20N2O2/c1-16-7-13-8-17(10-16,14-5-3-2-4-6-14)12-18(9-13,11-16)15(19)20;1-11(2,3)15-10(14)13-6-7-4-8(12)9(13)5-7/h2-6,13H,7-12H2,1H3,(H,19,20);7-9H,4-6,12H2,1-3H3. The SMILES string of the molecule is CC(C)(C)OC(=O)N1CC2CC(N)C1C2.CC12CC3CC(C(=O)O)(C1)CC(c1ccccc1)(C3)C2. The zero-order valence-electron chi connectivity index (χ0n) is 21.8. The summed E-state index contributed by atoms with van der Waals surface area (Å²) in [6.07, 6.45) is 8.17. The second-order valence-electron chi connectivity index (χ2n) is 13.8. The Morgan fingerprint density at radius 2 is 1.74 bits per heavy atom. The van der Waals surface area contributed by atoms with Gasteiger partial charge in [-0.2, -0.15) is 0 Å². The van der Waals surface area contributed by atoms with Crippen molar-refractivity contribution < 1.29 is 19.4 Å². The van der Waals surface area contributed by atoms with Crippen molar-refractivity contribution in [3.05, 3.63) is 35.9 Å². The topological polar surface area (TPSA) is 92.9 Å². The van der Waals surface area contributed by atoms with Crippen molar-refractivity contribution in [3.63, 3.8) is 0 Å². The Kier molecular flexibility index (Phi) is 5.78. The number of aliphatic carboxylic acids is 1. The van der Waals surface area contributed by atoms with Crippen molar-refractivity contribution in [3.8, 4) is 0 Å². The number of carboxylic acid groups (broad SMARTS) is 1. The summed E-state index contributed by atoms with van der Waals surface area (Å²) >= 11 is 0. The van der Waals surface area contributed by atoms with Gasteiger partial charge in [0.15, 0.2) is 0 Å². The summed E-state index contributed by atoms with van der Waals surface area (Å²) in [5, 5.41) is 9.85. The normalized spacial score (nSPS) is 40.9. The summed E-state index contributed by atoms with van der Waals surface area (Å²) in [5.74, 6) is 0.651. The van der Waals surface area contributed by atoms with Gasteiger partial charge in [-0.25, -0.2) is 4.79 Å². The summed E-state index contributed by atoms with van der Waals surface area (Å²) in [4.78, 5) is 25.6. The summed E-state index contributed by atoms with van der Waals surface area (Å²) in [6, 6.07) is 11.0. The molecule has 0 radical (unpaired) electrons. The second kappa shape index (κ2) is 8.22. The number of nitrogens with two attached hydrogens (primary N) is 1. The van der Waals surface area contributed by atoms with Crippen LogP contribution in [0, 0.1) is 22.7 Å². The number of nitrogens with zero attached hydrogens (tertiary/aromatic N) is 1. The van der Waals surface area contributed by atoms with E-state index >= 15 is 0 Å². The van der Waals surface area contributed by atoms with Crippen molar-refractivity contribution in [2.24, 2.45) is 28.4 Å². The molecular weight excluding hydrogens is 440 g/mol. The van der Waals surface area contributed by atoms with E-state index in [2.05, 4.69) is 37.3 Å². The van der Waals surface area contributed by atoms with Crippen molar-refractivity contribution in [2.45, 2.75) is 102 Å². The molecule has 1 aromatic rings. The van der Waals surface area contributed by atoms with Gasteiger partial charge in [0.05, 0.1) is 11.5 Å². The molecule has 1 heterocycles. The fraction of sp³-hybridized carbons (Fsp3) is 0.724. The van der Waals surface area contributed by atoms with Crippen LogP contribution in [0.2, 0.25) is 0 Å². The fourth-order valence-electron chi connectivity index (χ4n) is 8.88. The Hall–Kier alpha value is -2.08. The Balaban J connectivity index is 0.000000152. The molecule has 7 atom stereocenters. The van der Waals surface area contributed by atoms with Crippen LogP contribution in [-0.4, -0.2) is 46.3 Å². The van der Waals surface area contributed by atoms with E-state index in [0.29, 0.717) is 11.8 Å². The fourth-order valence-corrected chi connectivity index (χ4v) is 8.88. The third kappa shape index (κ3) is 4.47. The minimum Gasteiger partial charge on any atom is -0.481 e. The van der Waals surface area contributed by atoms with Gasteiger partial charge in [-0.1, -0.05) is 37.3 Å². The number of likely N-dealkylation sites (tertiary alicyclic amines) is 1. The van der Waals surface area contributed by atoms with E-state index in [1.165, 1.54) is 24.8 Å². The van der Waals surface area contributed by atoms with Crippen LogP contribution in [0.1, 0.15) is 84.6 Å². The number of hydrogen-bond acceptors (Lipinski definition) is 4. The second-order valence-corrected chi connectivity index (χ2v) is 13.8. The molecule has 6 fully saturated rings. The number of fused-ring (bicyclic) bond motifs is 2. The summed E-state index contributed by atoms with van der Waals surface area (Å²) in [5.41, 5.74) is 6.82. The van der Waals surface area contributed by atoms with Crippen molar-refractivity contribution in [1.82, 2.24) is 4.90 Å². The number of rotatable bonds is 2. The van der Waals surface area contributed by atoms with Gasteiger partial charge in [0.2, 0.25) is 0 Å². The van der Waals surface area contributed by atoms with E-state index in [4.69, 9.17) is 10.5 Å². The molecule has 6 aliphatic rings. The Labute approximate surface area is 209 Å². The van der Waals surface area contributed by atoms with Crippen LogP contribution >= 0.6 is 0 Å². The van der Waals surface area contributed by atoms with Crippen LogP contribution in [-0.2, 0) is 14.9 Å². The number of amides is 1. The first-order valence-electron chi connectivity index (χ1n) is 13.4. The lowest BCUT2D eigenvalue weighted by atomic mass is 9.39. The third-order valence-corrected chi connectivity index (χ3v) is 9.35. The maximum absolute atomic E-state index is 12.0. The van der Waals surface area contributed by atoms with Crippen LogP contribution < -0.4 is 5.73 Å². The zero-order chi connectivity index (χ0) is 25.2. The zero-order valence-corrected chi connectivity index (χ0v) is 21.8. The molecule has 1 amide bonds. The van der Waals surface area contributed by atoms with Crippen LogP contribution in [0.5, 0.6) is 0 Å². The van der Waals surface area contributed by atoms with Gasteiger partial charge < -0.3 is 20.5 Å². The highest BCUT2D eigenvalue weighted by molar-refractivity contribution is 5.76. The maximum atomic E-state index is 12.0. The Bertz CT molecular complexity index is 990. The molecular formula is C29H42N2O4. The van der Waals surface area contributed by atoms with Gasteiger partial charge in [0, 0.05) is 12.6 Å². The van der Waals surface area contributed by atoms with E-state index in [-0.39, 0.29) is 29.0 Å². The summed E-state index contributed by atoms with van der Waals surface area (Å²) in [6.45, 7) is 8.82. The number of hydrogen-bond donors (Lipinski definition) is 2. The monoisotopic (exact) mass is 482 g/mol. The first-order valence-corrected chi connectivity index (χ1v) is 13.4. The molecule has 6 bridgehead atoms. The van der Waals surface area contributed by atoms with E-state index in [1.54, 1.807) is 0 Å². The molecule has 7 unspecified atom stereocenters. The highest BCUT2D eigenvalue weighted by atomic mass is 16.6. The van der Waals surface area contributed by atoms with Crippen LogP contribution in [0.25, 0.3) is 0 Å². The van der Waals surface area contributed by atoms with Crippen LogP contribution in [0.4, 0.5) is 4.79 Å². The predicted octanol–water partition coefficient (Wildman–Crippen LogP) is 5.34. The molecule has 5 aliphatic carbocycles. The summed E-state index contributed by atoms with van der Waals surface area (Å²) < 4.78 is 5.35. The number of carboxylic acids is 1. The predicted molar refractivity (Wildman–Crippen MR) is 135 cm³/mol. The minimum absolute atomic E-state index is 0.119. The molecule has 3 N–H and O–H groups in total. The highest BCUT2D eigenvalue weighted by Gasteiger charge is 2.64. The number of benzene rings is 1. The minimum atomic E-state index is -0.548. The smallest absolute Gasteiger partial charge is 0.410 e. The van der Waals surface area contributed by atoms with E-state index < -0.39 is 17.0 Å². The molecule has 6 nitrogen and oxygen atoms in total. The molecule has 0 aromatic heterocycles. The molecule has 35 heavy (non-hydrogen) atoms. The van der Waals surface area contributed by atoms with E-state index in [1.807, 2.05) is 25.7 Å². The van der Waals surface area contributed by atoms with E-state index in [9.17, 15) is 14.7 Å². The van der Waals surface area contributed by atoms with Crippen LogP contribution in [0.3, 0.4) is 0 Å². The van der Waals surface area contributed by atoms with Gasteiger partial charge >= 0.3 is 12.1 Å². The van der Waals surface area contributed by atoms with Gasteiger partial charge in [-0.3, -0.25) is 4.79 Å². The number of ether oxygens (including phenoxy) is 1.